The first-order valence-corrected chi connectivity index (χ1v) is 6.78. The summed E-state index contributed by atoms with van der Waals surface area (Å²) in [4.78, 5) is 0. The van der Waals surface area contributed by atoms with Crippen molar-refractivity contribution in [3.63, 3.8) is 0 Å². The van der Waals surface area contributed by atoms with Crippen LogP contribution in [0.15, 0.2) is 24.3 Å². The van der Waals surface area contributed by atoms with Gasteiger partial charge in [-0.2, -0.15) is 0 Å². The monoisotopic (exact) mass is 233 g/mol. The lowest BCUT2D eigenvalue weighted by Gasteiger charge is -2.08. The summed E-state index contributed by atoms with van der Waals surface area (Å²) in [5, 5.41) is 3.60. The maximum absolute atomic E-state index is 5.63. The highest BCUT2D eigenvalue weighted by Crippen LogP contribution is 2.33. The molecule has 1 aromatic rings. The van der Waals surface area contributed by atoms with Crippen LogP contribution in [0, 0.1) is 5.92 Å². The molecule has 1 N–H and O–H groups in total. The van der Waals surface area contributed by atoms with Crippen molar-refractivity contribution in [2.45, 2.75) is 45.7 Å². The molecule has 2 unspecified atom stereocenters. The largest absolute Gasteiger partial charge is 0.494 e. The molecule has 0 bridgehead atoms. The first-order chi connectivity index (χ1) is 8.33. The predicted molar refractivity (Wildman–Crippen MR) is 71.3 cm³/mol. The lowest BCUT2D eigenvalue weighted by molar-refractivity contribution is 0.317. The first-order valence-electron chi connectivity index (χ1n) is 6.78. The molecule has 2 nitrogen and oxygen atoms in total. The van der Waals surface area contributed by atoms with Crippen LogP contribution >= 0.6 is 0 Å². The van der Waals surface area contributed by atoms with Crippen molar-refractivity contribution in [1.82, 2.24) is 5.32 Å². The van der Waals surface area contributed by atoms with E-state index in [1.54, 1.807) is 0 Å². The molecule has 1 saturated carbocycles. The summed E-state index contributed by atoms with van der Waals surface area (Å²) in [6.45, 7) is 6.16. The number of hydrogen-bond acceptors (Lipinski definition) is 2. The molecule has 17 heavy (non-hydrogen) atoms. The summed E-state index contributed by atoms with van der Waals surface area (Å²) in [5.41, 5.74) is 1.32. The number of ether oxygens (including phenoxy) is 1. The Bertz CT molecular complexity index is 351. The highest BCUT2D eigenvalue weighted by atomic mass is 16.5. The molecule has 94 valence electrons. The maximum Gasteiger partial charge on any atom is 0.119 e. The van der Waals surface area contributed by atoms with Gasteiger partial charge in [0.05, 0.1) is 6.61 Å². The second kappa shape index (κ2) is 6.06. The average Bonchev–Trinajstić information content (AvgIpc) is 3.13. The maximum atomic E-state index is 5.63. The van der Waals surface area contributed by atoms with E-state index in [-0.39, 0.29) is 0 Å². The number of hydrogen-bond donors (Lipinski definition) is 1. The summed E-state index contributed by atoms with van der Waals surface area (Å²) < 4.78 is 5.63. The Kier molecular flexibility index (Phi) is 4.43. The van der Waals surface area contributed by atoms with E-state index in [2.05, 4.69) is 37.4 Å². The Morgan fingerprint density at radius 3 is 2.94 bits per heavy atom. The standard InChI is InChI=1S/C15H23NO/c1-3-8-17-14-7-5-6-12(9-14)11-16-15-10-13(15)4-2/h5-7,9,13,15-16H,3-4,8,10-11H2,1-2H3. The van der Waals surface area contributed by atoms with Gasteiger partial charge in [-0.25, -0.2) is 0 Å². The first kappa shape index (κ1) is 12.4. The van der Waals surface area contributed by atoms with Crippen LogP contribution in [0.25, 0.3) is 0 Å². The van der Waals surface area contributed by atoms with E-state index < -0.39 is 0 Å². The van der Waals surface area contributed by atoms with Gasteiger partial charge in [-0.05, 0) is 36.5 Å². The van der Waals surface area contributed by atoms with Crippen molar-refractivity contribution >= 4 is 0 Å². The predicted octanol–water partition coefficient (Wildman–Crippen LogP) is 3.36. The minimum Gasteiger partial charge on any atom is -0.494 e. The van der Waals surface area contributed by atoms with Crippen LogP contribution in [0.1, 0.15) is 38.7 Å². The molecule has 0 saturated heterocycles. The molecular formula is C15H23NO. The van der Waals surface area contributed by atoms with E-state index in [1.807, 2.05) is 6.07 Å². The third-order valence-corrected chi connectivity index (χ3v) is 3.39. The van der Waals surface area contributed by atoms with Gasteiger partial charge in [0.2, 0.25) is 0 Å². The van der Waals surface area contributed by atoms with Crippen LogP contribution in [0.4, 0.5) is 0 Å². The molecule has 0 heterocycles. The summed E-state index contributed by atoms with van der Waals surface area (Å²) in [6.07, 6.45) is 3.71. The Morgan fingerprint density at radius 2 is 2.24 bits per heavy atom. The van der Waals surface area contributed by atoms with Gasteiger partial charge in [-0.15, -0.1) is 0 Å². The number of benzene rings is 1. The molecule has 1 aromatic carbocycles. The SMILES string of the molecule is CCCOc1cccc(CNC2CC2CC)c1. The molecule has 2 heteroatoms. The smallest absolute Gasteiger partial charge is 0.119 e. The van der Waals surface area contributed by atoms with Gasteiger partial charge < -0.3 is 10.1 Å². The Morgan fingerprint density at radius 1 is 1.35 bits per heavy atom. The van der Waals surface area contributed by atoms with Crippen LogP contribution < -0.4 is 10.1 Å². The summed E-state index contributed by atoms with van der Waals surface area (Å²) >= 11 is 0. The van der Waals surface area contributed by atoms with Gasteiger partial charge in [0.1, 0.15) is 5.75 Å². The second-order valence-electron chi connectivity index (χ2n) is 4.89. The zero-order valence-corrected chi connectivity index (χ0v) is 10.9. The van der Waals surface area contributed by atoms with Crippen LogP contribution in [0.2, 0.25) is 0 Å². The van der Waals surface area contributed by atoms with Gasteiger partial charge in [-0.3, -0.25) is 0 Å². The van der Waals surface area contributed by atoms with Gasteiger partial charge >= 0.3 is 0 Å². The zero-order chi connectivity index (χ0) is 12.1. The molecule has 0 aromatic heterocycles. The Labute approximate surface area is 104 Å². The molecular weight excluding hydrogens is 210 g/mol. The van der Waals surface area contributed by atoms with E-state index >= 15 is 0 Å². The third-order valence-electron chi connectivity index (χ3n) is 3.39. The summed E-state index contributed by atoms with van der Waals surface area (Å²) in [6, 6.07) is 9.17. The minimum atomic E-state index is 0.750. The summed E-state index contributed by atoms with van der Waals surface area (Å²) in [7, 11) is 0. The lowest BCUT2D eigenvalue weighted by atomic mass is 10.2. The van der Waals surface area contributed by atoms with E-state index in [0.29, 0.717) is 0 Å². The fourth-order valence-electron chi connectivity index (χ4n) is 2.16. The molecule has 0 spiro atoms. The number of nitrogens with one attached hydrogen (secondary N) is 1. The van der Waals surface area contributed by atoms with Gasteiger partial charge in [0.15, 0.2) is 0 Å². The third kappa shape index (κ3) is 3.74. The molecule has 2 atom stereocenters. The van der Waals surface area contributed by atoms with E-state index in [4.69, 9.17) is 4.74 Å². The van der Waals surface area contributed by atoms with Crippen LogP contribution in [0.3, 0.4) is 0 Å². The summed E-state index contributed by atoms with van der Waals surface area (Å²) in [5.74, 6) is 1.91. The van der Waals surface area contributed by atoms with E-state index in [1.165, 1.54) is 18.4 Å². The molecule has 1 aliphatic rings. The van der Waals surface area contributed by atoms with Crippen molar-refractivity contribution in [3.8, 4) is 5.75 Å². The van der Waals surface area contributed by atoms with Gasteiger partial charge in [-0.1, -0.05) is 32.4 Å². The Hall–Kier alpha value is -1.02. The van der Waals surface area contributed by atoms with Crippen molar-refractivity contribution < 1.29 is 4.74 Å². The van der Waals surface area contributed by atoms with Gasteiger partial charge in [0, 0.05) is 12.6 Å². The Balaban J connectivity index is 1.79. The molecule has 0 amide bonds. The fourth-order valence-corrected chi connectivity index (χ4v) is 2.16. The second-order valence-corrected chi connectivity index (χ2v) is 4.89. The zero-order valence-electron chi connectivity index (χ0n) is 10.9. The highest BCUT2D eigenvalue weighted by Gasteiger charge is 2.34. The quantitative estimate of drug-likeness (QED) is 0.779. The van der Waals surface area contributed by atoms with Crippen molar-refractivity contribution in [3.05, 3.63) is 29.8 Å². The number of rotatable bonds is 7. The average molecular weight is 233 g/mol. The van der Waals surface area contributed by atoms with Gasteiger partial charge in [0.25, 0.3) is 0 Å². The van der Waals surface area contributed by atoms with Crippen LogP contribution in [-0.4, -0.2) is 12.6 Å². The van der Waals surface area contributed by atoms with Crippen LogP contribution in [-0.2, 0) is 6.54 Å². The fraction of sp³-hybridized carbons (Fsp3) is 0.600. The molecule has 0 aliphatic heterocycles. The topological polar surface area (TPSA) is 21.3 Å². The molecule has 1 fully saturated rings. The lowest BCUT2D eigenvalue weighted by Crippen LogP contribution is -2.17. The highest BCUT2D eigenvalue weighted by molar-refractivity contribution is 5.28. The van der Waals surface area contributed by atoms with Crippen molar-refractivity contribution in [1.29, 1.82) is 0 Å². The van der Waals surface area contributed by atoms with Crippen LogP contribution in [0.5, 0.6) is 5.75 Å². The van der Waals surface area contributed by atoms with E-state index in [9.17, 15) is 0 Å². The van der Waals surface area contributed by atoms with Crippen molar-refractivity contribution in [2.75, 3.05) is 6.61 Å². The normalized spacial score (nSPS) is 22.5. The molecule has 0 radical (unpaired) electrons. The molecule has 2 rings (SSSR count). The molecule has 1 aliphatic carbocycles. The van der Waals surface area contributed by atoms with Crippen molar-refractivity contribution in [2.24, 2.45) is 5.92 Å². The van der Waals surface area contributed by atoms with E-state index in [0.717, 1.165) is 37.3 Å². The minimum absolute atomic E-state index is 0.750.